The van der Waals surface area contributed by atoms with Crippen molar-refractivity contribution in [3.05, 3.63) is 112 Å². The number of allylic oxidation sites excluding steroid dienone is 1. The van der Waals surface area contributed by atoms with Crippen LogP contribution in [0.4, 0.5) is 37.8 Å². The topological polar surface area (TPSA) is 125 Å². The van der Waals surface area contributed by atoms with Crippen LogP contribution in [-0.2, 0) is 34.5 Å². The van der Waals surface area contributed by atoms with Gasteiger partial charge >= 0.3 is 18.0 Å². The Morgan fingerprint density at radius 2 is 1.60 bits per heavy atom. The maximum Gasteiger partial charge on any atom is 0.426 e. The maximum atomic E-state index is 15.0. The second-order valence-corrected chi connectivity index (χ2v) is 11.4. The largest absolute Gasteiger partial charge is 0.426 e. The Labute approximate surface area is 269 Å². The van der Waals surface area contributed by atoms with Crippen LogP contribution in [0, 0.1) is 10.1 Å². The summed E-state index contributed by atoms with van der Waals surface area (Å²) in [5.74, 6) is -2.84. The molecule has 0 radical (unpaired) electrons. The van der Waals surface area contributed by atoms with Gasteiger partial charge in [0.25, 0.3) is 11.8 Å². The first-order valence-corrected chi connectivity index (χ1v) is 14.6. The van der Waals surface area contributed by atoms with Gasteiger partial charge in [0.15, 0.2) is 0 Å². The predicted molar refractivity (Wildman–Crippen MR) is 159 cm³/mol. The number of fused-ring (bicyclic) bond motifs is 5. The minimum Gasteiger partial charge on any atom is -0.415 e. The molecule has 5 rings (SSSR count). The van der Waals surface area contributed by atoms with Gasteiger partial charge in [-0.3, -0.25) is 10.1 Å². The molecular weight excluding hydrogens is 648 g/mol. The van der Waals surface area contributed by atoms with Gasteiger partial charge in [-0.15, -0.1) is 10.2 Å². The lowest BCUT2D eigenvalue weighted by molar-refractivity contribution is -0.384. The number of alkyl halides is 6. The summed E-state index contributed by atoms with van der Waals surface area (Å²) in [6.45, 7) is 0.926. The molecule has 1 aliphatic heterocycles. The Balaban J connectivity index is 1.63. The Morgan fingerprint density at radius 1 is 0.958 bits per heavy atom. The summed E-state index contributed by atoms with van der Waals surface area (Å²) >= 11 is 0. The van der Waals surface area contributed by atoms with Crippen LogP contribution in [0.2, 0.25) is 0 Å². The zero-order valence-electron chi connectivity index (χ0n) is 25.3. The van der Waals surface area contributed by atoms with Gasteiger partial charge < -0.3 is 19.2 Å². The van der Waals surface area contributed by atoms with E-state index in [-0.39, 0.29) is 32.1 Å². The minimum atomic E-state index is -5.14. The first kappa shape index (κ1) is 34.5. The lowest BCUT2D eigenvalue weighted by Crippen LogP contribution is -2.45. The van der Waals surface area contributed by atoms with Gasteiger partial charge in [0.2, 0.25) is 11.3 Å². The minimum absolute atomic E-state index is 0.0324. The Morgan fingerprint density at radius 3 is 2.21 bits per heavy atom. The summed E-state index contributed by atoms with van der Waals surface area (Å²) in [4.78, 5) is 14.7. The van der Waals surface area contributed by atoms with Crippen molar-refractivity contribution in [1.82, 2.24) is 15.2 Å². The fourth-order valence-electron chi connectivity index (χ4n) is 5.11. The fraction of sp³-hybridized carbons (Fsp3) is 0.344. The number of rotatable bonds is 8. The average molecular weight is 678 g/mol. The van der Waals surface area contributed by atoms with Crippen LogP contribution in [0.1, 0.15) is 48.8 Å². The molecule has 0 spiro atoms. The molecule has 0 saturated heterocycles. The first-order chi connectivity index (χ1) is 22.7. The monoisotopic (exact) mass is 677 g/mol. The number of ether oxygens (including phenoxy) is 2. The number of aromatic nitrogens is 3. The molecule has 0 saturated carbocycles. The van der Waals surface area contributed by atoms with Crippen molar-refractivity contribution in [1.29, 1.82) is 0 Å². The highest BCUT2D eigenvalue weighted by molar-refractivity contribution is 5.68. The van der Waals surface area contributed by atoms with Gasteiger partial charge in [-0.2, -0.15) is 26.3 Å². The second kappa shape index (κ2) is 13.7. The molecule has 1 aliphatic rings. The number of nitrogens with zero attached hydrogens (tertiary/aromatic N) is 4. The van der Waals surface area contributed by atoms with Crippen molar-refractivity contribution < 1.29 is 45.2 Å². The van der Waals surface area contributed by atoms with Gasteiger partial charge in [-0.1, -0.05) is 72.8 Å². The van der Waals surface area contributed by atoms with Crippen LogP contribution >= 0.6 is 0 Å². The molecule has 3 heterocycles. The van der Waals surface area contributed by atoms with Gasteiger partial charge in [-0.25, -0.2) is 4.98 Å². The Bertz CT molecular complexity index is 1750. The van der Waals surface area contributed by atoms with E-state index in [0.29, 0.717) is 5.56 Å². The molecule has 0 amide bonds. The quantitative estimate of drug-likeness (QED) is 0.0851. The molecule has 254 valence electrons. The van der Waals surface area contributed by atoms with Crippen molar-refractivity contribution in [3.8, 4) is 11.6 Å². The van der Waals surface area contributed by atoms with Crippen LogP contribution in [0.5, 0.6) is 0 Å². The SMILES string of the molecule is CC1(COCc2ccccc2)C/C=C\CC[C@](OCc2ccccc2)(C(F)(F)F)c2nnc(o2)-c2nc(c(C(F)(F)F)cc2[N+](=O)[O-])N1. The maximum absolute atomic E-state index is 15.0. The number of nitro groups is 1. The van der Waals surface area contributed by atoms with E-state index >= 15 is 13.2 Å². The van der Waals surface area contributed by atoms with E-state index in [2.05, 4.69) is 20.5 Å². The summed E-state index contributed by atoms with van der Waals surface area (Å²) in [6.07, 6.45) is -8.32. The third-order valence-electron chi connectivity index (χ3n) is 7.61. The molecule has 48 heavy (non-hydrogen) atoms. The number of benzene rings is 2. The molecule has 16 heteroatoms. The molecule has 0 fully saturated rings. The first-order valence-electron chi connectivity index (χ1n) is 14.6. The van der Waals surface area contributed by atoms with Crippen molar-refractivity contribution in [2.24, 2.45) is 0 Å². The van der Waals surface area contributed by atoms with Gasteiger partial charge in [-0.05, 0) is 37.3 Å². The molecular formula is C32H29F6N5O5. The highest BCUT2D eigenvalue weighted by Crippen LogP contribution is 2.47. The van der Waals surface area contributed by atoms with Gasteiger partial charge in [0.1, 0.15) is 11.4 Å². The van der Waals surface area contributed by atoms with Crippen LogP contribution < -0.4 is 5.32 Å². The van der Waals surface area contributed by atoms with E-state index < -0.39 is 76.0 Å². The molecule has 1 unspecified atom stereocenters. The molecule has 0 aliphatic carbocycles. The molecule has 4 bridgehead atoms. The number of anilines is 1. The van der Waals surface area contributed by atoms with Gasteiger partial charge in [0.05, 0.1) is 30.3 Å². The number of nitrogens with one attached hydrogen (secondary N) is 1. The van der Waals surface area contributed by atoms with Crippen LogP contribution in [0.3, 0.4) is 0 Å². The third-order valence-corrected chi connectivity index (χ3v) is 7.61. The smallest absolute Gasteiger partial charge is 0.415 e. The molecule has 2 aromatic heterocycles. The van der Waals surface area contributed by atoms with Crippen molar-refractivity contribution in [3.63, 3.8) is 0 Å². The Hall–Kier alpha value is -4.83. The van der Waals surface area contributed by atoms with Crippen LogP contribution in [0.15, 0.2) is 83.3 Å². The summed E-state index contributed by atoms with van der Waals surface area (Å²) in [5.41, 5.74) is -6.90. The summed E-state index contributed by atoms with van der Waals surface area (Å²) in [6, 6.07) is 17.2. The van der Waals surface area contributed by atoms with Crippen molar-refractivity contribution in [2.45, 2.75) is 62.9 Å². The lowest BCUT2D eigenvalue weighted by atomic mass is 9.94. The van der Waals surface area contributed by atoms with E-state index in [1.165, 1.54) is 19.1 Å². The average Bonchev–Trinajstić information content (AvgIpc) is 3.52. The lowest BCUT2D eigenvalue weighted by Gasteiger charge is -2.33. The van der Waals surface area contributed by atoms with E-state index in [1.54, 1.807) is 60.7 Å². The normalized spacial score (nSPS) is 20.8. The molecule has 2 atom stereocenters. The summed E-state index contributed by atoms with van der Waals surface area (Å²) in [5, 5.41) is 21.9. The molecule has 10 nitrogen and oxygen atoms in total. The van der Waals surface area contributed by atoms with Crippen molar-refractivity contribution in [2.75, 3.05) is 11.9 Å². The van der Waals surface area contributed by atoms with Crippen molar-refractivity contribution >= 4 is 11.5 Å². The number of halogens is 6. The van der Waals surface area contributed by atoms with E-state index in [4.69, 9.17) is 13.9 Å². The van der Waals surface area contributed by atoms with E-state index in [0.717, 1.165) is 5.56 Å². The van der Waals surface area contributed by atoms with E-state index in [9.17, 15) is 23.3 Å². The number of hydrogen-bond acceptors (Lipinski definition) is 9. The van der Waals surface area contributed by atoms with E-state index in [1.807, 2.05) is 0 Å². The fourth-order valence-corrected chi connectivity index (χ4v) is 5.11. The van der Waals surface area contributed by atoms with Gasteiger partial charge in [0, 0.05) is 6.07 Å². The zero-order valence-corrected chi connectivity index (χ0v) is 25.3. The molecule has 2 aromatic carbocycles. The Kier molecular flexibility index (Phi) is 9.86. The highest BCUT2D eigenvalue weighted by Gasteiger charge is 2.61. The number of hydrogen-bond donors (Lipinski definition) is 1. The zero-order chi connectivity index (χ0) is 34.6. The third kappa shape index (κ3) is 7.65. The second-order valence-electron chi connectivity index (χ2n) is 11.4. The highest BCUT2D eigenvalue weighted by atomic mass is 19.4. The summed E-state index contributed by atoms with van der Waals surface area (Å²) < 4.78 is 105. The molecule has 4 aromatic rings. The molecule has 1 N–H and O–H groups in total. The van der Waals surface area contributed by atoms with Crippen LogP contribution in [-0.4, -0.2) is 38.4 Å². The predicted octanol–water partition coefficient (Wildman–Crippen LogP) is 8.16. The number of pyridine rings is 1. The van der Waals surface area contributed by atoms with Crippen LogP contribution in [0.25, 0.3) is 11.6 Å². The standard InChI is InChI=1S/C32H29F6N5O5/c1-29(20-46-18-21-11-5-2-6-12-21)15-9-4-10-16-30(32(36,37)38,47-19-22-13-7-3-8-14-22)28-42-41-27(48-28)25-24(43(44)45)17-23(31(33,34)35)26(39-25)40-29/h2-9,11-14,17H,10,15-16,18-20H2,1H3,(H,39,40)/b9-4-/t29?,30-/m1/s1. The summed E-state index contributed by atoms with van der Waals surface area (Å²) in [7, 11) is 0.